The van der Waals surface area contributed by atoms with Crippen molar-refractivity contribution < 1.29 is 33.7 Å². The molecule has 2 unspecified atom stereocenters. The molecule has 0 fully saturated rings. The van der Waals surface area contributed by atoms with E-state index in [4.69, 9.17) is 4.74 Å². The van der Waals surface area contributed by atoms with E-state index < -0.39 is 35.7 Å². The number of carbonyl (C=O) groups excluding carboxylic acids is 2. The Balaban J connectivity index is 2.59. The fourth-order valence-corrected chi connectivity index (χ4v) is 2.01. The van der Waals surface area contributed by atoms with Gasteiger partial charge in [0.1, 0.15) is 17.5 Å². The predicted molar refractivity (Wildman–Crippen MR) is 87.6 cm³/mol. The first-order chi connectivity index (χ1) is 11.5. The zero-order chi connectivity index (χ0) is 19.2. The maximum absolute atomic E-state index is 13.9. The average Bonchev–Trinajstić information content (AvgIpc) is 2.51. The lowest BCUT2D eigenvalue weighted by Crippen LogP contribution is -2.34. The molecular weight excluding hydrogens is 333 g/mol. The molecule has 0 radical (unpaired) electrons. The van der Waals surface area contributed by atoms with Gasteiger partial charge in [-0.15, -0.1) is 0 Å². The zero-order valence-corrected chi connectivity index (χ0v) is 14.7. The van der Waals surface area contributed by atoms with Gasteiger partial charge >= 0.3 is 12.1 Å². The summed E-state index contributed by atoms with van der Waals surface area (Å²) in [6, 6.07) is 3.46. The Morgan fingerprint density at radius 2 is 1.92 bits per heavy atom. The second kappa shape index (κ2) is 8.77. The van der Waals surface area contributed by atoms with Gasteiger partial charge in [0, 0.05) is 6.54 Å². The third kappa shape index (κ3) is 6.67. The van der Waals surface area contributed by atoms with Gasteiger partial charge in [0.2, 0.25) is 0 Å². The Hall–Kier alpha value is -2.19. The van der Waals surface area contributed by atoms with E-state index >= 15 is 0 Å². The number of aliphatic hydroxyl groups is 2. The summed E-state index contributed by atoms with van der Waals surface area (Å²) < 4.78 is 23.3. The second-order valence-corrected chi connectivity index (χ2v) is 6.46. The number of halogens is 1. The van der Waals surface area contributed by atoms with Crippen LogP contribution >= 0.6 is 0 Å². The average molecular weight is 357 g/mol. The predicted octanol–water partition coefficient (Wildman–Crippen LogP) is 1.92. The molecule has 1 aromatic rings. The van der Waals surface area contributed by atoms with Gasteiger partial charge in [0.05, 0.1) is 18.8 Å². The van der Waals surface area contributed by atoms with Crippen LogP contribution in [0.2, 0.25) is 0 Å². The number of hydrogen-bond acceptors (Lipinski definition) is 6. The number of aliphatic hydroxyl groups excluding tert-OH is 2. The van der Waals surface area contributed by atoms with Crippen molar-refractivity contribution in [3.8, 4) is 0 Å². The Kier molecular flexibility index (Phi) is 7.32. The van der Waals surface area contributed by atoms with E-state index in [1.165, 1.54) is 12.1 Å². The number of rotatable bonds is 6. The van der Waals surface area contributed by atoms with E-state index in [0.717, 1.165) is 13.2 Å². The van der Waals surface area contributed by atoms with Crippen LogP contribution < -0.4 is 5.32 Å². The molecule has 0 saturated carbocycles. The van der Waals surface area contributed by atoms with Crippen LogP contribution in [-0.2, 0) is 9.47 Å². The van der Waals surface area contributed by atoms with E-state index in [2.05, 4.69) is 10.1 Å². The van der Waals surface area contributed by atoms with Gasteiger partial charge in [-0.1, -0.05) is 6.07 Å². The summed E-state index contributed by atoms with van der Waals surface area (Å²) in [6.07, 6.45) is -3.22. The van der Waals surface area contributed by atoms with E-state index in [1.54, 1.807) is 20.8 Å². The van der Waals surface area contributed by atoms with E-state index in [9.17, 15) is 24.2 Å². The highest BCUT2D eigenvalue weighted by atomic mass is 19.1. The maximum Gasteiger partial charge on any atom is 0.407 e. The smallest absolute Gasteiger partial charge is 0.407 e. The Morgan fingerprint density at radius 3 is 2.44 bits per heavy atom. The summed E-state index contributed by atoms with van der Waals surface area (Å²) in [5.41, 5.74) is -0.796. The van der Waals surface area contributed by atoms with Crippen molar-refractivity contribution >= 4 is 12.1 Å². The van der Waals surface area contributed by atoms with Crippen LogP contribution in [0.25, 0.3) is 0 Å². The molecule has 0 aromatic heterocycles. The number of ether oxygens (including phenoxy) is 2. The molecule has 3 N–H and O–H groups in total. The monoisotopic (exact) mass is 357 g/mol. The number of amides is 1. The molecule has 0 aliphatic heterocycles. The Labute approximate surface area is 145 Å². The van der Waals surface area contributed by atoms with E-state index in [1.807, 2.05) is 0 Å². The minimum absolute atomic E-state index is 0.0286. The maximum atomic E-state index is 13.9. The van der Waals surface area contributed by atoms with Crippen molar-refractivity contribution in [3.63, 3.8) is 0 Å². The van der Waals surface area contributed by atoms with Gasteiger partial charge in [0.25, 0.3) is 0 Å². The summed E-state index contributed by atoms with van der Waals surface area (Å²) in [4.78, 5) is 22.8. The normalized spacial score (nSPS) is 13.7. The standard InChI is InChI=1S/C17H24FNO6/c1-17(2,3)25-16(23)19-8-7-13(20)14(21)10-5-6-11(12(18)9-10)15(22)24-4/h5-6,9,13-14,20-21H,7-8H2,1-4H3,(H,19,23). The molecule has 25 heavy (non-hydrogen) atoms. The minimum Gasteiger partial charge on any atom is -0.465 e. The highest BCUT2D eigenvalue weighted by molar-refractivity contribution is 5.89. The molecule has 1 aromatic carbocycles. The lowest BCUT2D eigenvalue weighted by Gasteiger charge is -2.21. The van der Waals surface area contributed by atoms with Gasteiger partial charge in [0.15, 0.2) is 0 Å². The van der Waals surface area contributed by atoms with Crippen molar-refractivity contribution in [2.45, 2.75) is 45.0 Å². The number of carbonyl (C=O) groups is 2. The SMILES string of the molecule is COC(=O)c1ccc(C(O)C(O)CCNC(=O)OC(C)(C)C)cc1F. The summed E-state index contributed by atoms with van der Waals surface area (Å²) in [7, 11) is 1.13. The van der Waals surface area contributed by atoms with Crippen molar-refractivity contribution in [1.82, 2.24) is 5.32 Å². The van der Waals surface area contributed by atoms with Crippen LogP contribution in [0.4, 0.5) is 9.18 Å². The lowest BCUT2D eigenvalue weighted by molar-refractivity contribution is 0.0121. The minimum atomic E-state index is -1.37. The molecule has 1 rings (SSSR count). The van der Waals surface area contributed by atoms with Crippen LogP contribution in [-0.4, -0.2) is 47.6 Å². The molecule has 7 nitrogen and oxygen atoms in total. The molecule has 0 aliphatic rings. The van der Waals surface area contributed by atoms with Gasteiger partial charge in [-0.3, -0.25) is 0 Å². The summed E-state index contributed by atoms with van der Waals surface area (Å²) in [5, 5.41) is 22.5. The largest absolute Gasteiger partial charge is 0.465 e. The third-order valence-electron chi connectivity index (χ3n) is 3.21. The number of esters is 1. The second-order valence-electron chi connectivity index (χ2n) is 6.46. The summed E-state index contributed by atoms with van der Waals surface area (Å²) >= 11 is 0. The highest BCUT2D eigenvalue weighted by Gasteiger charge is 2.22. The molecule has 0 saturated heterocycles. The zero-order valence-electron chi connectivity index (χ0n) is 14.7. The van der Waals surface area contributed by atoms with Crippen LogP contribution in [0, 0.1) is 5.82 Å². The van der Waals surface area contributed by atoms with Crippen molar-refractivity contribution in [2.24, 2.45) is 0 Å². The summed E-state index contributed by atoms with van der Waals surface area (Å²) in [6.45, 7) is 5.23. The fourth-order valence-electron chi connectivity index (χ4n) is 2.01. The molecule has 0 heterocycles. The number of nitrogens with one attached hydrogen (secondary N) is 1. The molecule has 0 spiro atoms. The third-order valence-corrected chi connectivity index (χ3v) is 3.21. The number of hydrogen-bond donors (Lipinski definition) is 3. The topological polar surface area (TPSA) is 105 Å². The molecule has 2 atom stereocenters. The van der Waals surface area contributed by atoms with Gasteiger partial charge in [-0.05, 0) is 44.9 Å². The first-order valence-electron chi connectivity index (χ1n) is 7.76. The van der Waals surface area contributed by atoms with E-state index in [-0.39, 0.29) is 24.1 Å². The molecule has 1 amide bonds. The molecular formula is C17H24FNO6. The first kappa shape index (κ1) is 20.9. The number of alkyl carbamates (subject to hydrolysis) is 1. The van der Waals surface area contributed by atoms with Crippen LogP contribution in [0.5, 0.6) is 0 Å². The van der Waals surface area contributed by atoms with Crippen molar-refractivity contribution in [3.05, 3.63) is 35.1 Å². The first-order valence-corrected chi connectivity index (χ1v) is 7.76. The summed E-state index contributed by atoms with van der Waals surface area (Å²) in [5.74, 6) is -1.69. The Bertz CT molecular complexity index is 614. The van der Waals surface area contributed by atoms with E-state index in [0.29, 0.717) is 0 Å². The number of methoxy groups -OCH3 is 1. The quantitative estimate of drug-likeness (QED) is 0.672. The van der Waals surface area contributed by atoms with Crippen molar-refractivity contribution in [1.29, 1.82) is 0 Å². The highest BCUT2D eigenvalue weighted by Crippen LogP contribution is 2.22. The molecule has 0 bridgehead atoms. The molecule has 140 valence electrons. The van der Waals surface area contributed by atoms with Gasteiger partial charge < -0.3 is 25.0 Å². The van der Waals surface area contributed by atoms with Gasteiger partial charge in [-0.25, -0.2) is 14.0 Å². The Morgan fingerprint density at radius 1 is 1.28 bits per heavy atom. The van der Waals surface area contributed by atoms with Crippen LogP contribution in [0.1, 0.15) is 49.2 Å². The number of benzene rings is 1. The van der Waals surface area contributed by atoms with Crippen LogP contribution in [0.15, 0.2) is 18.2 Å². The molecule has 8 heteroatoms. The van der Waals surface area contributed by atoms with Crippen LogP contribution in [0.3, 0.4) is 0 Å². The fraction of sp³-hybridized carbons (Fsp3) is 0.529. The molecule has 0 aliphatic carbocycles. The van der Waals surface area contributed by atoms with Crippen molar-refractivity contribution in [2.75, 3.05) is 13.7 Å². The lowest BCUT2D eigenvalue weighted by atomic mass is 10.0. The van der Waals surface area contributed by atoms with Gasteiger partial charge in [-0.2, -0.15) is 0 Å².